The van der Waals surface area contributed by atoms with E-state index in [1.54, 1.807) is 0 Å². The first-order valence-corrected chi connectivity index (χ1v) is 7.86. The van der Waals surface area contributed by atoms with Gasteiger partial charge in [0.2, 0.25) is 0 Å². The molecule has 0 aliphatic heterocycles. The van der Waals surface area contributed by atoms with Gasteiger partial charge in [-0.3, -0.25) is 0 Å². The van der Waals surface area contributed by atoms with Gasteiger partial charge in [0.05, 0.1) is 0 Å². The van der Waals surface area contributed by atoms with E-state index in [9.17, 15) is 0 Å². The SMILES string of the molecule is CCNC(CCc1ccccc1)c1cc(C)c(C)s1. The minimum atomic E-state index is 0.489. The Hall–Kier alpha value is -1.12. The number of nitrogens with one attached hydrogen (secondary N) is 1. The molecule has 1 aromatic heterocycles. The summed E-state index contributed by atoms with van der Waals surface area (Å²) in [5.41, 5.74) is 2.85. The normalized spacial score (nSPS) is 12.6. The molecule has 2 aromatic rings. The molecule has 0 aliphatic carbocycles. The smallest absolute Gasteiger partial charge is 0.0418 e. The predicted molar refractivity (Wildman–Crippen MR) is 85.0 cm³/mol. The third-order valence-electron chi connectivity index (χ3n) is 3.54. The van der Waals surface area contributed by atoms with Gasteiger partial charge in [0.1, 0.15) is 0 Å². The molecule has 0 fully saturated rings. The van der Waals surface area contributed by atoms with Crippen LogP contribution in [0.4, 0.5) is 0 Å². The molecule has 0 radical (unpaired) electrons. The van der Waals surface area contributed by atoms with Crippen molar-refractivity contribution in [3.8, 4) is 0 Å². The molecule has 19 heavy (non-hydrogen) atoms. The average Bonchev–Trinajstić information content (AvgIpc) is 2.76. The average molecular weight is 273 g/mol. The van der Waals surface area contributed by atoms with Crippen LogP contribution in [0.1, 0.15) is 40.3 Å². The van der Waals surface area contributed by atoms with Crippen molar-refractivity contribution in [1.29, 1.82) is 0 Å². The van der Waals surface area contributed by atoms with Crippen LogP contribution < -0.4 is 5.32 Å². The number of benzene rings is 1. The molecular weight excluding hydrogens is 250 g/mol. The Balaban J connectivity index is 2.04. The fourth-order valence-corrected chi connectivity index (χ4v) is 3.47. The highest BCUT2D eigenvalue weighted by Gasteiger charge is 2.13. The van der Waals surface area contributed by atoms with Crippen LogP contribution in [0, 0.1) is 13.8 Å². The maximum absolute atomic E-state index is 3.62. The Kier molecular flexibility index (Phi) is 5.17. The van der Waals surface area contributed by atoms with Crippen molar-refractivity contribution in [2.24, 2.45) is 0 Å². The third-order valence-corrected chi connectivity index (χ3v) is 4.81. The summed E-state index contributed by atoms with van der Waals surface area (Å²) in [5.74, 6) is 0. The molecule has 1 nitrogen and oxygen atoms in total. The van der Waals surface area contributed by atoms with E-state index in [1.165, 1.54) is 20.9 Å². The van der Waals surface area contributed by atoms with E-state index in [0.29, 0.717) is 6.04 Å². The van der Waals surface area contributed by atoms with Gasteiger partial charge in [0, 0.05) is 15.8 Å². The van der Waals surface area contributed by atoms with E-state index in [2.05, 4.69) is 62.5 Å². The van der Waals surface area contributed by atoms with Crippen molar-refractivity contribution in [3.63, 3.8) is 0 Å². The molecule has 2 rings (SSSR count). The number of hydrogen-bond acceptors (Lipinski definition) is 2. The summed E-state index contributed by atoms with van der Waals surface area (Å²) in [6.07, 6.45) is 2.30. The van der Waals surface area contributed by atoms with Crippen LogP contribution in [0.25, 0.3) is 0 Å². The maximum atomic E-state index is 3.62. The zero-order chi connectivity index (χ0) is 13.7. The van der Waals surface area contributed by atoms with Gasteiger partial charge < -0.3 is 5.32 Å². The molecule has 2 heteroatoms. The van der Waals surface area contributed by atoms with Crippen LogP contribution in [0.2, 0.25) is 0 Å². The Morgan fingerprint density at radius 1 is 1.16 bits per heavy atom. The van der Waals surface area contributed by atoms with Gasteiger partial charge in [-0.15, -0.1) is 11.3 Å². The summed E-state index contributed by atoms with van der Waals surface area (Å²) in [4.78, 5) is 2.92. The lowest BCUT2D eigenvalue weighted by atomic mass is 10.0. The monoisotopic (exact) mass is 273 g/mol. The molecule has 1 atom stereocenters. The second kappa shape index (κ2) is 6.88. The molecule has 0 spiro atoms. The molecule has 1 heterocycles. The summed E-state index contributed by atoms with van der Waals surface area (Å²) in [6.45, 7) is 7.62. The largest absolute Gasteiger partial charge is 0.310 e. The molecule has 1 N–H and O–H groups in total. The lowest BCUT2D eigenvalue weighted by Crippen LogP contribution is -2.20. The zero-order valence-electron chi connectivity index (χ0n) is 12.1. The highest BCUT2D eigenvalue weighted by Crippen LogP contribution is 2.29. The second-order valence-corrected chi connectivity index (χ2v) is 6.31. The highest BCUT2D eigenvalue weighted by molar-refractivity contribution is 7.12. The molecule has 0 saturated heterocycles. The van der Waals surface area contributed by atoms with Crippen molar-refractivity contribution in [1.82, 2.24) is 5.32 Å². The number of aryl methyl sites for hydroxylation is 3. The number of rotatable bonds is 6. The van der Waals surface area contributed by atoms with E-state index in [0.717, 1.165) is 19.4 Å². The molecule has 0 bridgehead atoms. The van der Waals surface area contributed by atoms with Crippen molar-refractivity contribution >= 4 is 11.3 Å². The number of thiophene rings is 1. The molecule has 102 valence electrons. The lowest BCUT2D eigenvalue weighted by Gasteiger charge is -2.16. The van der Waals surface area contributed by atoms with E-state index in [4.69, 9.17) is 0 Å². The molecule has 1 unspecified atom stereocenters. The summed E-state index contributed by atoms with van der Waals surface area (Å²) < 4.78 is 0. The van der Waals surface area contributed by atoms with Gasteiger partial charge in [-0.2, -0.15) is 0 Å². The van der Waals surface area contributed by atoms with Gasteiger partial charge in [-0.05, 0) is 50.4 Å². The Morgan fingerprint density at radius 3 is 2.47 bits per heavy atom. The first-order valence-electron chi connectivity index (χ1n) is 7.05. The molecular formula is C17H23NS. The summed E-state index contributed by atoms with van der Waals surface area (Å²) >= 11 is 1.94. The summed E-state index contributed by atoms with van der Waals surface area (Å²) in [7, 11) is 0. The lowest BCUT2D eigenvalue weighted by molar-refractivity contribution is 0.523. The van der Waals surface area contributed by atoms with Crippen molar-refractivity contribution in [3.05, 3.63) is 57.3 Å². The Labute approximate surface area is 120 Å². The minimum Gasteiger partial charge on any atom is -0.310 e. The fourth-order valence-electron chi connectivity index (χ4n) is 2.32. The minimum absolute atomic E-state index is 0.489. The summed E-state index contributed by atoms with van der Waals surface area (Å²) in [6, 6.07) is 13.6. The quantitative estimate of drug-likeness (QED) is 0.808. The van der Waals surface area contributed by atoms with Gasteiger partial charge >= 0.3 is 0 Å². The van der Waals surface area contributed by atoms with Crippen molar-refractivity contribution in [2.45, 2.75) is 39.7 Å². The third kappa shape index (κ3) is 3.92. The van der Waals surface area contributed by atoms with E-state index in [-0.39, 0.29) is 0 Å². The Bertz CT molecular complexity index is 482. The van der Waals surface area contributed by atoms with Crippen LogP contribution in [-0.2, 0) is 6.42 Å². The highest BCUT2D eigenvalue weighted by atomic mass is 32.1. The van der Waals surface area contributed by atoms with Crippen LogP contribution in [-0.4, -0.2) is 6.54 Å². The van der Waals surface area contributed by atoms with Crippen LogP contribution in [0.15, 0.2) is 36.4 Å². The van der Waals surface area contributed by atoms with Gasteiger partial charge in [-0.25, -0.2) is 0 Å². The van der Waals surface area contributed by atoms with Crippen molar-refractivity contribution < 1.29 is 0 Å². The van der Waals surface area contributed by atoms with Crippen LogP contribution in [0.5, 0.6) is 0 Å². The van der Waals surface area contributed by atoms with Crippen molar-refractivity contribution in [2.75, 3.05) is 6.54 Å². The molecule has 0 aliphatic rings. The molecule has 1 aromatic carbocycles. The molecule has 0 saturated carbocycles. The molecule has 0 amide bonds. The predicted octanol–water partition coefficient (Wildman–Crippen LogP) is 4.65. The zero-order valence-corrected chi connectivity index (χ0v) is 12.9. The van der Waals surface area contributed by atoms with Gasteiger partial charge in [0.25, 0.3) is 0 Å². The fraction of sp³-hybridized carbons (Fsp3) is 0.412. The van der Waals surface area contributed by atoms with E-state index < -0.39 is 0 Å². The first-order chi connectivity index (χ1) is 9.20. The van der Waals surface area contributed by atoms with Gasteiger partial charge in [-0.1, -0.05) is 37.3 Å². The van der Waals surface area contributed by atoms with E-state index >= 15 is 0 Å². The summed E-state index contributed by atoms with van der Waals surface area (Å²) in [5, 5.41) is 3.62. The Morgan fingerprint density at radius 2 is 1.89 bits per heavy atom. The standard InChI is InChI=1S/C17H23NS/c1-4-18-16(17-12-13(2)14(3)19-17)11-10-15-8-6-5-7-9-15/h5-9,12,16,18H,4,10-11H2,1-3H3. The first kappa shape index (κ1) is 14.3. The topological polar surface area (TPSA) is 12.0 Å². The second-order valence-electron chi connectivity index (χ2n) is 5.02. The number of hydrogen-bond donors (Lipinski definition) is 1. The maximum Gasteiger partial charge on any atom is 0.0418 e. The van der Waals surface area contributed by atoms with E-state index in [1.807, 2.05) is 11.3 Å². The van der Waals surface area contributed by atoms with Crippen LogP contribution >= 0.6 is 11.3 Å². The van der Waals surface area contributed by atoms with Gasteiger partial charge in [0.15, 0.2) is 0 Å². The van der Waals surface area contributed by atoms with Crippen LogP contribution in [0.3, 0.4) is 0 Å².